The Morgan fingerprint density at radius 2 is 0.567 bits per heavy atom. The molecule has 0 amide bonds. The molecule has 2 N–H and O–H groups in total. The van der Waals surface area contributed by atoms with Crippen LogP contribution in [0.15, 0.2) is 116 Å². The van der Waals surface area contributed by atoms with Gasteiger partial charge in [0.2, 0.25) is 0 Å². The molecule has 0 spiro atoms. The van der Waals surface area contributed by atoms with Crippen LogP contribution >= 0.6 is 0 Å². The van der Waals surface area contributed by atoms with E-state index in [1.807, 2.05) is 181 Å². The van der Waals surface area contributed by atoms with Crippen molar-refractivity contribution in [3.05, 3.63) is 133 Å². The lowest BCUT2D eigenvalue weighted by Crippen LogP contribution is -2.25. The average Bonchev–Trinajstić information content (AvgIpc) is 3.31. The molecule has 3 aromatic carbocycles. The first-order valence-corrected chi connectivity index (χ1v) is 23.3. The zero-order chi connectivity index (χ0) is 52.9. The zero-order valence-corrected chi connectivity index (χ0v) is 44.5. The molecule has 3 aromatic rings. The molecule has 10 heteroatoms. The number of ether oxygens (including phenoxy) is 3. The normalized spacial score (nSPS) is 10.6. The Morgan fingerprint density at radius 1 is 0.403 bits per heavy atom. The van der Waals surface area contributed by atoms with E-state index in [4.69, 9.17) is 24.4 Å². The van der Waals surface area contributed by atoms with Crippen LogP contribution in [0.3, 0.4) is 0 Å². The molecule has 0 heterocycles. The molecule has 67 heavy (non-hydrogen) atoms. The molecule has 0 aliphatic rings. The van der Waals surface area contributed by atoms with Gasteiger partial charge in [0.1, 0.15) is 19.8 Å². The molecule has 10 nitrogen and oxygen atoms in total. The van der Waals surface area contributed by atoms with Gasteiger partial charge in [0.15, 0.2) is 0 Å². The standard InChI is InChI=1S/3C13H18O2.2C6H12O2.2C3H6/c3*1-4-13(2,3)12(14)15-10-11-8-6-5-7-9-11;2*1-4-6(2,3)5(7)8;2*1-3-2/h3*5-9H,4,10H2,1-3H3;2*4H2,1-3H3,(H,7,8);2*3H,1H2,2H3. The molecule has 0 radical (unpaired) electrons. The summed E-state index contributed by atoms with van der Waals surface area (Å²) in [5, 5.41) is 16.9. The summed E-state index contributed by atoms with van der Waals surface area (Å²) in [5.74, 6) is -1.84. The van der Waals surface area contributed by atoms with Crippen LogP contribution in [0.25, 0.3) is 0 Å². The average molecular weight is 935 g/mol. The molecule has 0 unspecified atom stereocenters. The Kier molecular flexibility index (Phi) is 37.2. The summed E-state index contributed by atoms with van der Waals surface area (Å²) >= 11 is 0. The maximum Gasteiger partial charge on any atom is 0.311 e. The SMILES string of the molecule is C=CC.C=CC.CCC(C)(C)C(=O)O.CCC(C)(C)C(=O)O.CCC(C)(C)C(=O)OCc1ccccc1.CCC(C)(C)C(=O)OCc1ccccc1.CCC(C)(C)C(=O)OCc1ccccc1. The van der Waals surface area contributed by atoms with E-state index < -0.39 is 22.8 Å². The van der Waals surface area contributed by atoms with Crippen molar-refractivity contribution in [2.24, 2.45) is 27.1 Å². The molecule has 0 saturated carbocycles. The number of carboxylic acids is 2. The number of allylic oxidation sites excluding steroid dienone is 2. The molecular formula is C57H90O10. The summed E-state index contributed by atoms with van der Waals surface area (Å²) in [6.07, 6.45) is 7.24. The molecule has 0 bridgehead atoms. The van der Waals surface area contributed by atoms with Gasteiger partial charge in [-0.1, -0.05) is 138 Å². The minimum atomic E-state index is -0.722. The van der Waals surface area contributed by atoms with Gasteiger partial charge in [0.05, 0.1) is 27.1 Å². The second kappa shape index (κ2) is 36.6. The van der Waals surface area contributed by atoms with Crippen LogP contribution < -0.4 is 0 Å². The second-order valence-corrected chi connectivity index (χ2v) is 18.8. The number of carbonyl (C=O) groups excluding carboxylic acids is 3. The zero-order valence-electron chi connectivity index (χ0n) is 44.5. The number of esters is 3. The fourth-order valence-electron chi connectivity index (χ4n) is 3.49. The molecule has 3 rings (SSSR count). The van der Waals surface area contributed by atoms with Gasteiger partial charge in [-0.2, -0.15) is 0 Å². The maximum atomic E-state index is 11.6. The van der Waals surface area contributed by atoms with Crippen molar-refractivity contribution in [3.63, 3.8) is 0 Å². The van der Waals surface area contributed by atoms with Crippen LogP contribution in [0.4, 0.5) is 0 Å². The van der Waals surface area contributed by atoms with E-state index in [1.54, 1.807) is 39.8 Å². The van der Waals surface area contributed by atoms with Gasteiger partial charge in [0.25, 0.3) is 0 Å². The van der Waals surface area contributed by atoms with Crippen LogP contribution in [0.5, 0.6) is 0 Å². The summed E-state index contributed by atoms with van der Waals surface area (Å²) in [7, 11) is 0. The number of benzene rings is 3. The first-order chi connectivity index (χ1) is 31.0. The Balaban J connectivity index is -0.000000367. The number of carboxylic acid groups (broad SMARTS) is 2. The largest absolute Gasteiger partial charge is 0.481 e. The van der Waals surface area contributed by atoms with E-state index in [0.717, 1.165) is 36.0 Å². The van der Waals surface area contributed by atoms with E-state index >= 15 is 0 Å². The van der Waals surface area contributed by atoms with Gasteiger partial charge < -0.3 is 24.4 Å². The predicted octanol–water partition coefficient (Wildman–Crippen LogP) is 14.9. The Labute approximate surface area is 406 Å². The lowest BCUT2D eigenvalue weighted by atomic mass is 9.91. The summed E-state index contributed by atoms with van der Waals surface area (Å²) in [6, 6.07) is 29.2. The van der Waals surface area contributed by atoms with Crippen LogP contribution in [0, 0.1) is 27.1 Å². The van der Waals surface area contributed by atoms with Crippen molar-refractivity contribution in [1.82, 2.24) is 0 Å². The molecule has 0 aliphatic carbocycles. The topological polar surface area (TPSA) is 154 Å². The van der Waals surface area contributed by atoms with Crippen molar-refractivity contribution in [2.75, 3.05) is 0 Å². The Morgan fingerprint density at radius 3 is 0.687 bits per heavy atom. The molecule has 0 aliphatic heterocycles. The first-order valence-electron chi connectivity index (χ1n) is 23.3. The fraction of sp³-hybridized carbons (Fsp3) is 0.526. The third kappa shape index (κ3) is 33.6. The van der Waals surface area contributed by atoms with Gasteiger partial charge in [-0.25, -0.2) is 0 Å². The molecule has 0 aromatic heterocycles. The maximum absolute atomic E-state index is 11.6. The van der Waals surface area contributed by atoms with Gasteiger partial charge in [-0.3, -0.25) is 24.0 Å². The van der Waals surface area contributed by atoms with E-state index in [2.05, 4.69) is 13.2 Å². The number of aliphatic carboxylic acids is 2. The van der Waals surface area contributed by atoms with Crippen LogP contribution in [-0.4, -0.2) is 40.1 Å². The highest BCUT2D eigenvalue weighted by molar-refractivity contribution is 5.77. The van der Waals surface area contributed by atoms with Crippen LogP contribution in [0.2, 0.25) is 0 Å². The number of rotatable bonds is 16. The number of carbonyl (C=O) groups is 5. The van der Waals surface area contributed by atoms with Crippen LogP contribution in [0.1, 0.15) is 166 Å². The van der Waals surface area contributed by atoms with Crippen molar-refractivity contribution in [2.45, 2.75) is 170 Å². The molecule has 0 saturated heterocycles. The second-order valence-electron chi connectivity index (χ2n) is 18.8. The summed E-state index contributed by atoms with van der Waals surface area (Å²) in [6.45, 7) is 39.6. The van der Waals surface area contributed by atoms with Gasteiger partial charge in [-0.05, 0) is 132 Å². The van der Waals surface area contributed by atoms with E-state index in [1.165, 1.54) is 0 Å². The van der Waals surface area contributed by atoms with Crippen LogP contribution in [-0.2, 0) is 58.0 Å². The van der Waals surface area contributed by atoms with Crippen molar-refractivity contribution in [3.8, 4) is 0 Å². The minimum absolute atomic E-state index is 0.131. The summed E-state index contributed by atoms with van der Waals surface area (Å²) < 4.78 is 15.7. The quantitative estimate of drug-likeness (QED) is 0.0806. The van der Waals surface area contributed by atoms with Gasteiger partial charge in [-0.15, -0.1) is 13.2 Å². The Bertz CT molecular complexity index is 1600. The molecular weight excluding hydrogens is 845 g/mol. The summed E-state index contributed by atoms with van der Waals surface area (Å²) in [5.41, 5.74) is 0.853. The lowest BCUT2D eigenvalue weighted by Gasteiger charge is -2.20. The number of hydrogen-bond donors (Lipinski definition) is 2. The fourth-order valence-corrected chi connectivity index (χ4v) is 3.49. The molecule has 378 valence electrons. The van der Waals surface area contributed by atoms with Crippen molar-refractivity contribution < 1.29 is 48.4 Å². The molecule has 0 fully saturated rings. The molecule has 0 atom stereocenters. The van der Waals surface area contributed by atoms with E-state index in [-0.39, 0.29) is 34.2 Å². The first kappa shape index (κ1) is 68.1. The van der Waals surface area contributed by atoms with E-state index in [9.17, 15) is 24.0 Å². The third-order valence-electron chi connectivity index (χ3n) is 10.9. The smallest absolute Gasteiger partial charge is 0.311 e. The minimum Gasteiger partial charge on any atom is -0.481 e. The predicted molar refractivity (Wildman–Crippen MR) is 276 cm³/mol. The van der Waals surface area contributed by atoms with E-state index in [0.29, 0.717) is 32.7 Å². The highest BCUT2D eigenvalue weighted by atomic mass is 16.5. The highest BCUT2D eigenvalue weighted by Gasteiger charge is 2.29. The van der Waals surface area contributed by atoms with Gasteiger partial charge in [0, 0.05) is 0 Å². The third-order valence-corrected chi connectivity index (χ3v) is 10.9. The monoisotopic (exact) mass is 935 g/mol. The highest BCUT2D eigenvalue weighted by Crippen LogP contribution is 2.24. The number of hydrogen-bond acceptors (Lipinski definition) is 8. The van der Waals surface area contributed by atoms with Crippen molar-refractivity contribution in [1.29, 1.82) is 0 Å². The lowest BCUT2D eigenvalue weighted by molar-refractivity contribution is -0.156. The van der Waals surface area contributed by atoms with Crippen molar-refractivity contribution >= 4 is 29.8 Å². The summed E-state index contributed by atoms with van der Waals surface area (Å²) in [4.78, 5) is 55.4. The van der Waals surface area contributed by atoms with Gasteiger partial charge >= 0.3 is 29.8 Å². The Hall–Kier alpha value is -5.51.